The van der Waals surface area contributed by atoms with Gasteiger partial charge in [0.2, 0.25) is 10.0 Å². The molecular formula is C11H14N2O5S. The fourth-order valence-electron chi connectivity index (χ4n) is 1.85. The highest BCUT2D eigenvalue weighted by Crippen LogP contribution is 2.30. The Labute approximate surface area is 111 Å². The fourth-order valence-corrected chi connectivity index (χ4v) is 3.40. The van der Waals surface area contributed by atoms with Gasteiger partial charge in [0.15, 0.2) is 0 Å². The van der Waals surface area contributed by atoms with Gasteiger partial charge >= 0.3 is 0 Å². The van der Waals surface area contributed by atoms with Crippen molar-refractivity contribution in [2.75, 3.05) is 33.4 Å². The number of sulfonamides is 1. The third-order valence-electron chi connectivity index (χ3n) is 2.84. The van der Waals surface area contributed by atoms with Crippen molar-refractivity contribution in [3.8, 4) is 5.75 Å². The first-order valence-electron chi connectivity index (χ1n) is 5.69. The van der Waals surface area contributed by atoms with Crippen LogP contribution in [0.4, 0.5) is 5.69 Å². The van der Waals surface area contributed by atoms with Crippen LogP contribution in [0.25, 0.3) is 0 Å². The molecule has 8 heteroatoms. The SMILES string of the molecule is COc1cc(N=O)ccc1S(=O)(=O)N1CCOCC1. The Bertz CT molecular complexity index is 566. The first kappa shape index (κ1) is 13.9. The molecule has 0 N–H and O–H groups in total. The third kappa shape index (κ3) is 2.75. The van der Waals surface area contributed by atoms with Crippen molar-refractivity contribution in [2.45, 2.75) is 4.90 Å². The second-order valence-corrected chi connectivity index (χ2v) is 5.85. The highest BCUT2D eigenvalue weighted by atomic mass is 32.2. The number of nitroso groups, excluding NO2 is 1. The molecule has 1 aromatic carbocycles. The summed E-state index contributed by atoms with van der Waals surface area (Å²) in [6, 6.07) is 3.99. The van der Waals surface area contributed by atoms with Gasteiger partial charge in [0, 0.05) is 19.2 Å². The van der Waals surface area contributed by atoms with Gasteiger partial charge in [0.25, 0.3) is 0 Å². The summed E-state index contributed by atoms with van der Waals surface area (Å²) in [5, 5.41) is 2.76. The Hall–Kier alpha value is -1.51. The molecule has 1 aliphatic heterocycles. The normalized spacial score (nSPS) is 17.1. The van der Waals surface area contributed by atoms with Crippen LogP contribution in [-0.4, -0.2) is 46.1 Å². The summed E-state index contributed by atoms with van der Waals surface area (Å²) in [6.07, 6.45) is 0. The van der Waals surface area contributed by atoms with E-state index < -0.39 is 10.0 Å². The first-order chi connectivity index (χ1) is 9.09. The molecule has 19 heavy (non-hydrogen) atoms. The van der Waals surface area contributed by atoms with Crippen molar-refractivity contribution in [1.29, 1.82) is 0 Å². The van der Waals surface area contributed by atoms with Gasteiger partial charge < -0.3 is 9.47 Å². The number of benzene rings is 1. The molecule has 0 amide bonds. The predicted molar refractivity (Wildman–Crippen MR) is 68.0 cm³/mol. The Kier molecular flexibility index (Phi) is 4.13. The second kappa shape index (κ2) is 5.64. The molecular weight excluding hydrogens is 272 g/mol. The van der Waals surface area contributed by atoms with Crippen LogP contribution >= 0.6 is 0 Å². The Morgan fingerprint density at radius 3 is 2.58 bits per heavy atom. The molecule has 104 valence electrons. The molecule has 0 saturated carbocycles. The molecule has 1 fully saturated rings. The van der Waals surface area contributed by atoms with Crippen molar-refractivity contribution in [3.05, 3.63) is 23.1 Å². The molecule has 1 aliphatic rings. The molecule has 0 aliphatic carbocycles. The number of methoxy groups -OCH3 is 1. The second-order valence-electron chi connectivity index (χ2n) is 3.94. The molecule has 1 aromatic rings. The molecule has 0 aromatic heterocycles. The van der Waals surface area contributed by atoms with Crippen molar-refractivity contribution >= 4 is 15.7 Å². The van der Waals surface area contributed by atoms with Crippen LogP contribution in [0.15, 0.2) is 28.3 Å². The lowest BCUT2D eigenvalue weighted by atomic mass is 10.3. The van der Waals surface area contributed by atoms with Crippen molar-refractivity contribution in [3.63, 3.8) is 0 Å². The average molecular weight is 286 g/mol. The lowest BCUT2D eigenvalue weighted by Crippen LogP contribution is -2.40. The largest absolute Gasteiger partial charge is 0.495 e. The van der Waals surface area contributed by atoms with E-state index in [1.165, 1.54) is 29.6 Å². The maximum atomic E-state index is 12.4. The van der Waals surface area contributed by atoms with Crippen LogP contribution in [0.5, 0.6) is 5.75 Å². The van der Waals surface area contributed by atoms with Gasteiger partial charge in [-0.1, -0.05) is 0 Å². The maximum Gasteiger partial charge on any atom is 0.246 e. The van der Waals surface area contributed by atoms with Gasteiger partial charge in [-0.25, -0.2) is 8.42 Å². The summed E-state index contributed by atoms with van der Waals surface area (Å²) in [7, 11) is -2.30. The summed E-state index contributed by atoms with van der Waals surface area (Å²) in [4.78, 5) is 10.5. The van der Waals surface area contributed by atoms with E-state index in [0.717, 1.165) is 0 Å². The van der Waals surface area contributed by atoms with Crippen LogP contribution in [0.1, 0.15) is 0 Å². The summed E-state index contributed by atoms with van der Waals surface area (Å²) in [5.41, 5.74) is 0.123. The number of nitrogens with zero attached hydrogens (tertiary/aromatic N) is 2. The number of morpholine rings is 1. The lowest BCUT2D eigenvalue weighted by molar-refractivity contribution is 0.0729. The molecule has 0 unspecified atom stereocenters. The lowest BCUT2D eigenvalue weighted by Gasteiger charge is -2.26. The van der Waals surface area contributed by atoms with E-state index in [1.54, 1.807) is 0 Å². The molecule has 0 spiro atoms. The van der Waals surface area contributed by atoms with E-state index in [2.05, 4.69) is 5.18 Å². The Morgan fingerprint density at radius 2 is 2.00 bits per heavy atom. The Morgan fingerprint density at radius 1 is 1.32 bits per heavy atom. The monoisotopic (exact) mass is 286 g/mol. The highest BCUT2D eigenvalue weighted by molar-refractivity contribution is 7.89. The van der Waals surface area contributed by atoms with Gasteiger partial charge in [-0.15, -0.1) is 4.91 Å². The van der Waals surface area contributed by atoms with Gasteiger partial charge in [0.1, 0.15) is 16.3 Å². The maximum absolute atomic E-state index is 12.4. The topological polar surface area (TPSA) is 85.3 Å². The number of hydrogen-bond donors (Lipinski definition) is 0. The molecule has 1 saturated heterocycles. The van der Waals surface area contributed by atoms with Crippen molar-refractivity contribution in [1.82, 2.24) is 4.31 Å². The average Bonchev–Trinajstić information content (AvgIpc) is 2.47. The fraction of sp³-hybridized carbons (Fsp3) is 0.455. The minimum absolute atomic E-state index is 0.0318. The minimum atomic E-state index is -3.65. The zero-order valence-corrected chi connectivity index (χ0v) is 11.2. The smallest absolute Gasteiger partial charge is 0.246 e. The van der Waals surface area contributed by atoms with E-state index >= 15 is 0 Å². The summed E-state index contributed by atoms with van der Waals surface area (Å²) in [6.45, 7) is 1.35. The molecule has 7 nitrogen and oxygen atoms in total. The van der Waals surface area contributed by atoms with Gasteiger partial charge in [0.05, 0.1) is 20.3 Å². The molecule has 0 bridgehead atoms. The summed E-state index contributed by atoms with van der Waals surface area (Å²) in [5.74, 6) is 0.114. The highest BCUT2D eigenvalue weighted by Gasteiger charge is 2.29. The minimum Gasteiger partial charge on any atom is -0.495 e. The van der Waals surface area contributed by atoms with Crippen LogP contribution in [0.2, 0.25) is 0 Å². The molecule has 0 atom stereocenters. The standard InChI is InChI=1S/C11H14N2O5S/c1-17-10-8-9(12-14)2-3-11(10)19(15,16)13-4-6-18-7-5-13/h2-3,8H,4-7H2,1H3. The van der Waals surface area contributed by atoms with Gasteiger partial charge in [-0.3, -0.25) is 0 Å². The van der Waals surface area contributed by atoms with Crippen LogP contribution < -0.4 is 4.74 Å². The van der Waals surface area contributed by atoms with Crippen molar-refractivity contribution in [2.24, 2.45) is 5.18 Å². The van der Waals surface area contributed by atoms with Gasteiger partial charge in [-0.05, 0) is 17.3 Å². The molecule has 1 heterocycles. The van der Waals surface area contributed by atoms with E-state index in [-0.39, 0.29) is 16.3 Å². The molecule has 0 radical (unpaired) electrons. The van der Waals surface area contributed by atoms with E-state index in [0.29, 0.717) is 26.3 Å². The van der Waals surface area contributed by atoms with Crippen LogP contribution in [0, 0.1) is 4.91 Å². The van der Waals surface area contributed by atoms with E-state index in [4.69, 9.17) is 9.47 Å². The summed E-state index contributed by atoms with van der Waals surface area (Å²) >= 11 is 0. The number of ether oxygens (including phenoxy) is 2. The number of rotatable bonds is 4. The van der Waals surface area contributed by atoms with Gasteiger partial charge in [-0.2, -0.15) is 4.31 Å². The molecule has 2 rings (SSSR count). The first-order valence-corrected chi connectivity index (χ1v) is 7.13. The Balaban J connectivity index is 2.41. The van der Waals surface area contributed by atoms with Crippen LogP contribution in [0.3, 0.4) is 0 Å². The van der Waals surface area contributed by atoms with E-state index in [1.807, 2.05) is 0 Å². The van der Waals surface area contributed by atoms with Crippen LogP contribution in [-0.2, 0) is 14.8 Å². The third-order valence-corrected chi connectivity index (χ3v) is 4.78. The zero-order valence-electron chi connectivity index (χ0n) is 10.4. The number of hydrogen-bond acceptors (Lipinski definition) is 6. The quantitative estimate of drug-likeness (QED) is 0.774. The van der Waals surface area contributed by atoms with Crippen molar-refractivity contribution < 1.29 is 17.9 Å². The predicted octanol–water partition coefficient (Wildman–Crippen LogP) is 1.11. The summed E-state index contributed by atoms with van der Waals surface area (Å²) < 4.78 is 36.4. The zero-order chi connectivity index (χ0) is 13.9. The van der Waals surface area contributed by atoms with E-state index in [9.17, 15) is 13.3 Å².